The lowest BCUT2D eigenvalue weighted by atomic mass is 9.80. The Labute approximate surface area is 234 Å². The number of amides is 2. The number of piperidine rings is 1. The molecule has 5 nitrogen and oxygen atoms in total. The van der Waals surface area contributed by atoms with Crippen molar-refractivity contribution in [3.8, 4) is 0 Å². The van der Waals surface area contributed by atoms with Crippen LogP contribution in [0.15, 0.2) is 78.9 Å². The molecule has 0 spiro atoms. The van der Waals surface area contributed by atoms with Gasteiger partial charge >= 0.3 is 0 Å². The fourth-order valence-corrected chi connectivity index (χ4v) is 6.32. The predicted octanol–water partition coefficient (Wildman–Crippen LogP) is 5.22. The first-order valence-electron chi connectivity index (χ1n) is 13.7. The molecular formula is C32H35ClFN3O2. The maximum absolute atomic E-state index is 13.6. The Kier molecular flexibility index (Phi) is 8.06. The van der Waals surface area contributed by atoms with Gasteiger partial charge in [0, 0.05) is 38.1 Å². The molecule has 0 radical (unpaired) electrons. The van der Waals surface area contributed by atoms with Crippen molar-refractivity contribution >= 4 is 23.4 Å². The van der Waals surface area contributed by atoms with Gasteiger partial charge in [-0.05, 0) is 72.6 Å². The fraction of sp³-hybridized carbons (Fsp3) is 0.375. The summed E-state index contributed by atoms with van der Waals surface area (Å²) in [4.78, 5) is 28.2. The highest BCUT2D eigenvalue weighted by Crippen LogP contribution is 2.55. The number of halogens is 2. The zero-order chi connectivity index (χ0) is 27.5. The summed E-state index contributed by atoms with van der Waals surface area (Å²) >= 11 is 6.16. The van der Waals surface area contributed by atoms with Gasteiger partial charge in [0.15, 0.2) is 0 Å². The van der Waals surface area contributed by atoms with Gasteiger partial charge in [0.05, 0.1) is 11.0 Å². The van der Waals surface area contributed by atoms with Gasteiger partial charge in [-0.25, -0.2) is 4.39 Å². The molecule has 2 atom stereocenters. The maximum atomic E-state index is 13.6. The minimum atomic E-state index is -0.584. The summed E-state index contributed by atoms with van der Waals surface area (Å²) in [6.45, 7) is 4.57. The average Bonchev–Trinajstić information content (AvgIpc) is 3.66. The summed E-state index contributed by atoms with van der Waals surface area (Å²) in [6, 6.07) is 24.2. The second-order valence-electron chi connectivity index (χ2n) is 10.9. The second kappa shape index (κ2) is 11.5. The number of carbonyl (C=O) groups is 2. The van der Waals surface area contributed by atoms with E-state index in [0.717, 1.165) is 55.6 Å². The zero-order valence-corrected chi connectivity index (χ0v) is 23.0. The Hall–Kier alpha value is -3.22. The van der Waals surface area contributed by atoms with Crippen LogP contribution < -0.4 is 10.6 Å². The molecule has 2 fully saturated rings. The minimum Gasteiger partial charge on any atom is -0.355 e. The van der Waals surface area contributed by atoms with Crippen LogP contribution >= 0.6 is 11.6 Å². The second-order valence-corrected chi connectivity index (χ2v) is 11.4. The number of benzene rings is 3. The number of carbonyl (C=O) groups excluding carboxylic acids is 2. The van der Waals surface area contributed by atoms with Crippen molar-refractivity contribution in [1.29, 1.82) is 0 Å². The van der Waals surface area contributed by atoms with Crippen molar-refractivity contribution in [3.05, 3.63) is 106 Å². The minimum absolute atomic E-state index is 0.0199. The van der Waals surface area contributed by atoms with Crippen LogP contribution in [-0.2, 0) is 27.0 Å². The van der Waals surface area contributed by atoms with Crippen LogP contribution in [0, 0.1) is 11.7 Å². The molecule has 1 aliphatic carbocycles. The Morgan fingerprint density at radius 3 is 2.26 bits per heavy atom. The Morgan fingerprint density at radius 2 is 1.62 bits per heavy atom. The third kappa shape index (κ3) is 6.02. The van der Waals surface area contributed by atoms with Crippen molar-refractivity contribution in [2.45, 2.75) is 43.6 Å². The highest BCUT2D eigenvalue weighted by molar-refractivity contribution is 6.30. The van der Waals surface area contributed by atoms with Crippen molar-refractivity contribution in [2.75, 3.05) is 26.2 Å². The van der Waals surface area contributed by atoms with Gasteiger partial charge in [-0.2, -0.15) is 0 Å². The van der Waals surface area contributed by atoms with Crippen molar-refractivity contribution in [3.63, 3.8) is 0 Å². The number of hydrogen-bond donors (Lipinski definition) is 2. The highest BCUT2D eigenvalue weighted by Gasteiger charge is 2.61. The quantitative estimate of drug-likeness (QED) is 0.386. The molecule has 5 rings (SSSR count). The predicted molar refractivity (Wildman–Crippen MR) is 152 cm³/mol. The first-order chi connectivity index (χ1) is 18.8. The standard InChI is InChI=1S/C32H35ClFN3O2/c1-23(38)36-31(25-5-3-2-4-6-25)16-19-37(20-17-31)22-27-21-32(27,26-9-11-28(33)12-10-26)30(39)35-18-15-24-7-13-29(34)14-8-24/h2-14,27H,15-22H2,1H3,(H,35,39)(H,36,38). The third-order valence-electron chi connectivity index (χ3n) is 8.41. The Balaban J connectivity index is 1.25. The fourth-order valence-electron chi connectivity index (χ4n) is 6.20. The molecule has 3 aromatic rings. The van der Waals surface area contributed by atoms with E-state index in [1.807, 2.05) is 42.5 Å². The maximum Gasteiger partial charge on any atom is 0.231 e. The molecule has 2 aliphatic rings. The summed E-state index contributed by atoms with van der Waals surface area (Å²) < 4.78 is 13.2. The normalized spacial score (nSPS) is 22.2. The number of likely N-dealkylation sites (tertiary alicyclic amines) is 1. The molecule has 2 amide bonds. The van der Waals surface area contributed by atoms with Gasteiger partial charge in [-0.1, -0.05) is 66.2 Å². The molecule has 1 saturated heterocycles. The van der Waals surface area contributed by atoms with Crippen molar-refractivity contribution in [2.24, 2.45) is 5.92 Å². The topological polar surface area (TPSA) is 61.4 Å². The van der Waals surface area contributed by atoms with E-state index in [2.05, 4.69) is 27.7 Å². The third-order valence-corrected chi connectivity index (χ3v) is 8.66. The molecular weight excluding hydrogens is 513 g/mol. The number of rotatable bonds is 9. The van der Waals surface area contributed by atoms with Crippen LogP contribution in [0.2, 0.25) is 5.02 Å². The van der Waals surface area contributed by atoms with Gasteiger partial charge in [-0.3, -0.25) is 9.59 Å². The molecule has 3 aromatic carbocycles. The van der Waals surface area contributed by atoms with Crippen molar-refractivity contribution < 1.29 is 14.0 Å². The van der Waals surface area contributed by atoms with Gasteiger partial charge in [0.2, 0.25) is 11.8 Å². The van der Waals surface area contributed by atoms with Crippen LogP contribution in [0.1, 0.15) is 42.9 Å². The first kappa shape index (κ1) is 27.4. The lowest BCUT2D eigenvalue weighted by molar-refractivity contribution is -0.124. The van der Waals surface area contributed by atoms with E-state index in [4.69, 9.17) is 11.6 Å². The highest BCUT2D eigenvalue weighted by atomic mass is 35.5. The zero-order valence-electron chi connectivity index (χ0n) is 22.3. The molecule has 7 heteroatoms. The molecule has 0 bridgehead atoms. The van der Waals surface area contributed by atoms with E-state index in [1.165, 1.54) is 12.1 Å². The molecule has 1 aliphatic heterocycles. The van der Waals surface area contributed by atoms with E-state index in [9.17, 15) is 14.0 Å². The summed E-state index contributed by atoms with van der Waals surface area (Å²) in [6.07, 6.45) is 3.06. The lowest BCUT2D eigenvalue weighted by Gasteiger charge is -2.43. The van der Waals surface area contributed by atoms with Gasteiger partial charge in [-0.15, -0.1) is 0 Å². The van der Waals surface area contributed by atoms with Crippen LogP contribution in [0.5, 0.6) is 0 Å². The van der Waals surface area contributed by atoms with Crippen LogP contribution in [0.25, 0.3) is 0 Å². The lowest BCUT2D eigenvalue weighted by Crippen LogP contribution is -2.53. The molecule has 204 valence electrons. The molecule has 0 aromatic heterocycles. The van der Waals surface area contributed by atoms with Crippen LogP contribution in [0.4, 0.5) is 4.39 Å². The molecule has 2 unspecified atom stereocenters. The Morgan fingerprint density at radius 1 is 0.949 bits per heavy atom. The number of nitrogens with zero attached hydrogens (tertiary/aromatic N) is 1. The molecule has 2 N–H and O–H groups in total. The van der Waals surface area contributed by atoms with E-state index in [-0.39, 0.29) is 29.1 Å². The molecule has 39 heavy (non-hydrogen) atoms. The Bertz CT molecular complexity index is 1290. The van der Waals surface area contributed by atoms with Crippen molar-refractivity contribution in [1.82, 2.24) is 15.5 Å². The number of hydrogen-bond acceptors (Lipinski definition) is 3. The van der Waals surface area contributed by atoms with E-state index in [0.29, 0.717) is 18.0 Å². The van der Waals surface area contributed by atoms with E-state index < -0.39 is 5.41 Å². The van der Waals surface area contributed by atoms with E-state index >= 15 is 0 Å². The van der Waals surface area contributed by atoms with Gasteiger partial charge in [0.25, 0.3) is 0 Å². The van der Waals surface area contributed by atoms with Crippen LogP contribution in [0.3, 0.4) is 0 Å². The monoisotopic (exact) mass is 547 g/mol. The number of nitrogens with one attached hydrogen (secondary N) is 2. The van der Waals surface area contributed by atoms with Crippen LogP contribution in [-0.4, -0.2) is 42.9 Å². The summed E-state index contributed by atoms with van der Waals surface area (Å²) in [5.41, 5.74) is 2.17. The first-order valence-corrected chi connectivity index (χ1v) is 14.0. The smallest absolute Gasteiger partial charge is 0.231 e. The largest absolute Gasteiger partial charge is 0.355 e. The van der Waals surface area contributed by atoms with Gasteiger partial charge in [0.1, 0.15) is 5.82 Å². The van der Waals surface area contributed by atoms with Gasteiger partial charge < -0.3 is 15.5 Å². The summed E-state index contributed by atoms with van der Waals surface area (Å²) in [5, 5.41) is 7.04. The average molecular weight is 548 g/mol. The molecule has 1 saturated carbocycles. The summed E-state index contributed by atoms with van der Waals surface area (Å²) in [5.74, 6) is -0.0602. The molecule has 1 heterocycles. The summed E-state index contributed by atoms with van der Waals surface area (Å²) in [7, 11) is 0. The SMILES string of the molecule is CC(=O)NC1(c2ccccc2)CCN(CC2CC2(C(=O)NCCc2ccc(F)cc2)c2ccc(Cl)cc2)CC1. The van der Waals surface area contributed by atoms with E-state index in [1.54, 1.807) is 19.1 Å².